The van der Waals surface area contributed by atoms with Crippen LogP contribution in [0.2, 0.25) is 0 Å². The summed E-state index contributed by atoms with van der Waals surface area (Å²) < 4.78 is 10.8. The van der Waals surface area contributed by atoms with Gasteiger partial charge in [0.05, 0.1) is 19.4 Å². The van der Waals surface area contributed by atoms with E-state index in [0.29, 0.717) is 5.76 Å². The molecule has 1 N–H and O–H groups in total. The van der Waals surface area contributed by atoms with Crippen LogP contribution in [0.3, 0.4) is 0 Å². The van der Waals surface area contributed by atoms with Gasteiger partial charge in [-0.1, -0.05) is 12.1 Å². The van der Waals surface area contributed by atoms with Crippen molar-refractivity contribution in [3.8, 4) is 5.75 Å². The number of aryl methyl sites for hydroxylation is 1. The van der Waals surface area contributed by atoms with Gasteiger partial charge in [0, 0.05) is 36.6 Å². The molecule has 1 amide bonds. The van der Waals surface area contributed by atoms with E-state index in [1.807, 2.05) is 12.1 Å². The zero-order valence-corrected chi connectivity index (χ0v) is 20.1. The minimum Gasteiger partial charge on any atom is -0.497 e. The number of nitrogens with one attached hydrogen (secondary N) is 1. The van der Waals surface area contributed by atoms with Crippen LogP contribution in [0, 0.1) is 0 Å². The summed E-state index contributed by atoms with van der Waals surface area (Å²) in [5.74, 6) is 1.01. The fourth-order valence-corrected chi connectivity index (χ4v) is 6.29. The highest BCUT2D eigenvalue weighted by Gasteiger charge is 2.33. The second-order valence-corrected chi connectivity index (χ2v) is 10.0. The van der Waals surface area contributed by atoms with Gasteiger partial charge in [0.25, 0.3) is 5.91 Å². The predicted octanol–water partition coefficient (Wildman–Crippen LogP) is 4.82. The smallest absolute Gasteiger partial charge is 0.291 e. The fourth-order valence-electron chi connectivity index (χ4n) is 4.97. The zero-order chi connectivity index (χ0) is 22.8. The van der Waals surface area contributed by atoms with Crippen molar-refractivity contribution in [1.82, 2.24) is 9.80 Å². The highest BCUT2D eigenvalue weighted by Crippen LogP contribution is 2.46. The SMILES string of the molecule is COc1ccc(C(c2c(NC(=O)c3ccco3)sc3c2CCCC3)N2CCN(C)CC2)cc1. The lowest BCUT2D eigenvalue weighted by molar-refractivity contribution is 0.0996. The first-order chi connectivity index (χ1) is 16.1. The van der Waals surface area contributed by atoms with Crippen molar-refractivity contribution in [3.05, 3.63) is 70.0 Å². The number of carbonyl (C=O) groups is 1. The number of hydrogen-bond acceptors (Lipinski definition) is 6. The molecule has 1 fully saturated rings. The number of nitrogens with zero attached hydrogens (tertiary/aromatic N) is 2. The molecule has 0 bridgehead atoms. The molecule has 2 aliphatic rings. The van der Waals surface area contributed by atoms with Crippen molar-refractivity contribution in [2.24, 2.45) is 0 Å². The third-order valence-electron chi connectivity index (χ3n) is 6.79. The Morgan fingerprint density at radius 2 is 1.85 bits per heavy atom. The van der Waals surface area contributed by atoms with Crippen LogP contribution in [-0.2, 0) is 12.8 Å². The Morgan fingerprint density at radius 1 is 1.09 bits per heavy atom. The molecule has 0 saturated carbocycles. The van der Waals surface area contributed by atoms with E-state index < -0.39 is 0 Å². The zero-order valence-electron chi connectivity index (χ0n) is 19.3. The van der Waals surface area contributed by atoms with Gasteiger partial charge in [0.15, 0.2) is 5.76 Å². The number of likely N-dealkylation sites (N-methyl/N-ethyl adjacent to an activating group) is 1. The number of furan rings is 1. The number of carbonyl (C=O) groups excluding carboxylic acids is 1. The molecule has 33 heavy (non-hydrogen) atoms. The molecule has 1 aromatic carbocycles. The molecule has 1 atom stereocenters. The number of rotatable bonds is 6. The summed E-state index contributed by atoms with van der Waals surface area (Å²) in [6, 6.07) is 12.0. The molecule has 0 spiro atoms. The van der Waals surface area contributed by atoms with Gasteiger partial charge in [-0.05, 0) is 68.1 Å². The number of fused-ring (bicyclic) bond motifs is 1. The molecule has 1 unspecified atom stereocenters. The van der Waals surface area contributed by atoms with Crippen LogP contribution in [0.4, 0.5) is 5.00 Å². The predicted molar refractivity (Wildman–Crippen MR) is 132 cm³/mol. The number of methoxy groups -OCH3 is 1. The van der Waals surface area contributed by atoms with Crippen molar-refractivity contribution < 1.29 is 13.9 Å². The minimum absolute atomic E-state index is 0.0922. The maximum absolute atomic E-state index is 13.0. The minimum atomic E-state index is -0.188. The van der Waals surface area contributed by atoms with Gasteiger partial charge in [0.1, 0.15) is 10.8 Å². The van der Waals surface area contributed by atoms with Crippen LogP contribution < -0.4 is 10.1 Å². The molecule has 6 nitrogen and oxygen atoms in total. The molecule has 1 aliphatic heterocycles. The molecule has 1 aliphatic carbocycles. The first-order valence-electron chi connectivity index (χ1n) is 11.7. The van der Waals surface area contributed by atoms with E-state index in [4.69, 9.17) is 9.15 Å². The Kier molecular flexibility index (Phi) is 6.53. The topological polar surface area (TPSA) is 58.0 Å². The third kappa shape index (κ3) is 4.58. The lowest BCUT2D eigenvalue weighted by atomic mass is 9.88. The van der Waals surface area contributed by atoms with Crippen LogP contribution in [0.25, 0.3) is 0 Å². The van der Waals surface area contributed by atoms with Gasteiger partial charge in [-0.2, -0.15) is 0 Å². The summed E-state index contributed by atoms with van der Waals surface area (Å²) in [6.07, 6.45) is 6.10. The molecule has 174 valence electrons. The van der Waals surface area contributed by atoms with Crippen molar-refractivity contribution in [2.75, 3.05) is 45.7 Å². The molecular weight excluding hydrogens is 434 g/mol. The van der Waals surface area contributed by atoms with E-state index in [1.54, 1.807) is 36.8 Å². The van der Waals surface area contributed by atoms with Crippen molar-refractivity contribution in [1.29, 1.82) is 0 Å². The maximum atomic E-state index is 13.0. The lowest BCUT2D eigenvalue weighted by Crippen LogP contribution is -2.46. The van der Waals surface area contributed by atoms with Gasteiger partial charge in [-0.3, -0.25) is 9.69 Å². The van der Waals surface area contributed by atoms with Crippen LogP contribution in [0.1, 0.15) is 51.0 Å². The summed E-state index contributed by atoms with van der Waals surface area (Å²) in [7, 11) is 3.88. The van der Waals surface area contributed by atoms with E-state index in [9.17, 15) is 4.79 Å². The average molecular weight is 466 g/mol. The maximum Gasteiger partial charge on any atom is 0.291 e. The number of ether oxygens (including phenoxy) is 1. The van der Waals surface area contributed by atoms with Crippen molar-refractivity contribution in [2.45, 2.75) is 31.7 Å². The molecule has 1 saturated heterocycles. The summed E-state index contributed by atoms with van der Waals surface area (Å²) >= 11 is 1.75. The van der Waals surface area contributed by atoms with Crippen molar-refractivity contribution in [3.63, 3.8) is 0 Å². The molecule has 5 rings (SSSR count). The molecule has 0 radical (unpaired) electrons. The largest absolute Gasteiger partial charge is 0.497 e. The number of thiophene rings is 1. The standard InChI is InChI=1S/C26H31N3O3S/c1-28-13-15-29(16-14-28)24(18-9-11-19(31-2)12-10-18)23-20-6-3-4-8-22(20)33-26(23)27-25(30)21-7-5-17-32-21/h5,7,9-12,17,24H,3-4,6,8,13-16H2,1-2H3,(H,27,30). The third-order valence-corrected chi connectivity index (χ3v) is 8.02. The van der Waals surface area contributed by atoms with Crippen LogP contribution in [0.15, 0.2) is 47.1 Å². The second kappa shape index (κ2) is 9.71. The quantitative estimate of drug-likeness (QED) is 0.566. The fraction of sp³-hybridized carbons (Fsp3) is 0.423. The summed E-state index contributed by atoms with van der Waals surface area (Å²) in [4.78, 5) is 19.3. The molecule has 3 heterocycles. The Hall–Kier alpha value is -2.61. The first-order valence-corrected chi connectivity index (χ1v) is 12.5. The van der Waals surface area contributed by atoms with Gasteiger partial charge in [-0.15, -0.1) is 11.3 Å². The number of anilines is 1. The number of amides is 1. The van der Waals surface area contributed by atoms with Crippen LogP contribution in [-0.4, -0.2) is 56.0 Å². The summed E-state index contributed by atoms with van der Waals surface area (Å²) in [5.41, 5.74) is 3.94. The van der Waals surface area contributed by atoms with E-state index in [1.165, 1.54) is 34.4 Å². The second-order valence-electron chi connectivity index (χ2n) is 8.90. The van der Waals surface area contributed by atoms with E-state index >= 15 is 0 Å². The number of hydrogen-bond donors (Lipinski definition) is 1. The summed E-state index contributed by atoms with van der Waals surface area (Å²) in [6.45, 7) is 4.05. The monoisotopic (exact) mass is 465 g/mol. The Bertz CT molecular complexity index is 1080. The Morgan fingerprint density at radius 3 is 2.55 bits per heavy atom. The molecule has 3 aromatic rings. The lowest BCUT2D eigenvalue weighted by Gasteiger charge is -2.39. The highest BCUT2D eigenvalue weighted by atomic mass is 32.1. The molecule has 2 aromatic heterocycles. The van der Waals surface area contributed by atoms with E-state index in [-0.39, 0.29) is 11.9 Å². The number of piperazine rings is 1. The van der Waals surface area contributed by atoms with Crippen LogP contribution in [0.5, 0.6) is 5.75 Å². The van der Waals surface area contributed by atoms with Gasteiger partial charge >= 0.3 is 0 Å². The van der Waals surface area contributed by atoms with Gasteiger partial charge < -0.3 is 19.4 Å². The highest BCUT2D eigenvalue weighted by molar-refractivity contribution is 7.16. The van der Waals surface area contributed by atoms with E-state index in [0.717, 1.165) is 49.8 Å². The normalized spacial score (nSPS) is 18.0. The molecular formula is C26H31N3O3S. The van der Waals surface area contributed by atoms with Gasteiger partial charge in [0.2, 0.25) is 0 Å². The summed E-state index contributed by atoms with van der Waals surface area (Å²) in [5, 5.41) is 4.18. The van der Waals surface area contributed by atoms with E-state index in [2.05, 4.69) is 34.3 Å². The first kappa shape index (κ1) is 22.2. The number of benzene rings is 1. The van der Waals surface area contributed by atoms with Gasteiger partial charge in [-0.25, -0.2) is 0 Å². The Labute approximate surface area is 199 Å². The molecule has 7 heteroatoms. The van der Waals surface area contributed by atoms with Crippen molar-refractivity contribution >= 4 is 22.2 Å². The van der Waals surface area contributed by atoms with Crippen LogP contribution >= 0.6 is 11.3 Å². The average Bonchev–Trinajstić information content (AvgIpc) is 3.50. The Balaban J connectivity index is 1.59.